The van der Waals surface area contributed by atoms with Gasteiger partial charge in [-0.15, -0.1) is 0 Å². The highest BCUT2D eigenvalue weighted by Crippen LogP contribution is 2.06. The van der Waals surface area contributed by atoms with Gasteiger partial charge >= 0.3 is 5.97 Å². The highest BCUT2D eigenvalue weighted by atomic mass is 16.4. The summed E-state index contributed by atoms with van der Waals surface area (Å²) in [4.78, 5) is 12.1. The average Bonchev–Trinajstić information content (AvgIpc) is 2.09. The molecule has 0 aromatic heterocycles. The Hall–Kier alpha value is -0.570. The zero-order chi connectivity index (χ0) is 12.1. The third-order valence-electron chi connectivity index (χ3n) is 1.74. The van der Waals surface area contributed by atoms with Gasteiger partial charge in [0, 0.05) is 6.42 Å². The predicted molar refractivity (Wildman–Crippen MR) is 65.2 cm³/mol. The van der Waals surface area contributed by atoms with Gasteiger partial charge in [-0.2, -0.15) is 0 Å². The number of carbonyl (C=O) groups is 1. The summed E-state index contributed by atoms with van der Waals surface area (Å²) in [6.07, 6.45) is 7.25. The Morgan fingerprint density at radius 2 is 1.40 bits per heavy atom. The topological polar surface area (TPSA) is 40.5 Å². The van der Waals surface area contributed by atoms with E-state index in [1.807, 2.05) is 26.0 Å². The van der Waals surface area contributed by atoms with Crippen molar-refractivity contribution >= 4 is 5.97 Å². The van der Waals surface area contributed by atoms with Crippen LogP contribution in [0.5, 0.6) is 0 Å². The lowest BCUT2D eigenvalue weighted by Gasteiger charge is -1.97. The van der Waals surface area contributed by atoms with Crippen LogP contribution in [-0.2, 0) is 4.79 Å². The molecular formula is C12H27NO2. The van der Waals surface area contributed by atoms with Gasteiger partial charge in [0.2, 0.25) is 0 Å². The number of nitrogens with zero attached hydrogens (tertiary/aromatic N) is 1. The quantitative estimate of drug-likeness (QED) is 0.666. The lowest BCUT2D eigenvalue weighted by Crippen LogP contribution is -1.99. The molecule has 0 saturated heterocycles. The van der Waals surface area contributed by atoms with E-state index in [2.05, 4.69) is 6.92 Å². The van der Waals surface area contributed by atoms with Crippen molar-refractivity contribution in [3.05, 3.63) is 0 Å². The van der Waals surface area contributed by atoms with E-state index in [-0.39, 0.29) is 0 Å². The van der Waals surface area contributed by atoms with Crippen molar-refractivity contribution in [3.63, 3.8) is 0 Å². The number of rotatable bonds is 7. The van der Waals surface area contributed by atoms with Gasteiger partial charge in [0.25, 0.3) is 0 Å². The summed E-state index contributed by atoms with van der Waals surface area (Å²) in [6, 6.07) is 0. The second-order valence-corrected chi connectivity index (χ2v) is 4.25. The SMILES string of the molecule is CCCCCCCCC(=O)O.CN(C)C. The maximum absolute atomic E-state index is 10.1. The van der Waals surface area contributed by atoms with E-state index in [1.165, 1.54) is 25.7 Å². The summed E-state index contributed by atoms with van der Waals surface area (Å²) < 4.78 is 0. The highest BCUT2D eigenvalue weighted by Gasteiger charge is 1.95. The minimum absolute atomic E-state index is 0.339. The minimum Gasteiger partial charge on any atom is -0.481 e. The number of unbranched alkanes of at least 4 members (excludes halogenated alkanes) is 5. The average molecular weight is 217 g/mol. The van der Waals surface area contributed by atoms with E-state index in [9.17, 15) is 4.79 Å². The van der Waals surface area contributed by atoms with E-state index in [4.69, 9.17) is 5.11 Å². The number of carboxylic acids is 1. The molecule has 0 amide bonds. The third kappa shape index (κ3) is 31.8. The molecule has 0 saturated carbocycles. The van der Waals surface area contributed by atoms with Crippen LogP contribution in [0.2, 0.25) is 0 Å². The predicted octanol–water partition coefficient (Wildman–Crippen LogP) is 3.00. The standard InChI is InChI=1S/C9H18O2.C3H9N/c1-2-3-4-5-6-7-8-9(10)11;1-4(2)3/h2-8H2,1H3,(H,10,11);1-3H3. The van der Waals surface area contributed by atoms with Crippen LogP contribution in [0.25, 0.3) is 0 Å². The molecule has 0 unspecified atom stereocenters. The van der Waals surface area contributed by atoms with Crippen LogP contribution in [0, 0.1) is 0 Å². The van der Waals surface area contributed by atoms with Gasteiger partial charge in [0.05, 0.1) is 0 Å². The summed E-state index contributed by atoms with van der Waals surface area (Å²) in [5, 5.41) is 8.32. The molecular weight excluding hydrogens is 190 g/mol. The molecule has 0 bridgehead atoms. The lowest BCUT2D eigenvalue weighted by atomic mass is 10.1. The van der Waals surface area contributed by atoms with Crippen LogP contribution in [0.4, 0.5) is 0 Å². The van der Waals surface area contributed by atoms with Crippen molar-refractivity contribution in [3.8, 4) is 0 Å². The van der Waals surface area contributed by atoms with Gasteiger partial charge in [0.1, 0.15) is 0 Å². The molecule has 0 aliphatic carbocycles. The zero-order valence-corrected chi connectivity index (χ0v) is 10.8. The maximum atomic E-state index is 10.1. The van der Waals surface area contributed by atoms with Crippen molar-refractivity contribution in [2.45, 2.75) is 51.9 Å². The molecule has 1 N–H and O–H groups in total. The molecule has 0 aromatic carbocycles. The van der Waals surface area contributed by atoms with Gasteiger partial charge in [-0.1, -0.05) is 39.0 Å². The minimum atomic E-state index is -0.666. The molecule has 0 fully saturated rings. The number of hydrogen-bond acceptors (Lipinski definition) is 2. The monoisotopic (exact) mass is 217 g/mol. The first-order valence-electron chi connectivity index (χ1n) is 5.83. The maximum Gasteiger partial charge on any atom is 0.303 e. The lowest BCUT2D eigenvalue weighted by molar-refractivity contribution is -0.137. The molecule has 0 atom stereocenters. The number of hydrogen-bond donors (Lipinski definition) is 1. The Morgan fingerprint density at radius 1 is 1.00 bits per heavy atom. The third-order valence-corrected chi connectivity index (χ3v) is 1.74. The summed E-state index contributed by atoms with van der Waals surface area (Å²) in [5.74, 6) is -0.666. The normalized spacial score (nSPS) is 9.67. The molecule has 0 aliphatic rings. The number of aliphatic carboxylic acids is 1. The van der Waals surface area contributed by atoms with Crippen LogP contribution < -0.4 is 0 Å². The van der Waals surface area contributed by atoms with Crippen molar-refractivity contribution < 1.29 is 9.90 Å². The van der Waals surface area contributed by atoms with Crippen LogP contribution in [0.3, 0.4) is 0 Å². The highest BCUT2D eigenvalue weighted by molar-refractivity contribution is 5.66. The molecule has 0 radical (unpaired) electrons. The first-order valence-corrected chi connectivity index (χ1v) is 5.83. The Bertz CT molecular complexity index is 133. The second kappa shape index (κ2) is 13.4. The number of carboxylic acid groups (broad SMARTS) is 1. The van der Waals surface area contributed by atoms with E-state index in [0.717, 1.165) is 12.8 Å². The van der Waals surface area contributed by atoms with Crippen molar-refractivity contribution in [1.82, 2.24) is 4.90 Å². The Kier molecular flexibility index (Phi) is 15.1. The van der Waals surface area contributed by atoms with E-state index < -0.39 is 5.97 Å². The van der Waals surface area contributed by atoms with Crippen molar-refractivity contribution in [2.24, 2.45) is 0 Å². The Morgan fingerprint density at radius 3 is 1.80 bits per heavy atom. The zero-order valence-electron chi connectivity index (χ0n) is 10.8. The Balaban J connectivity index is 0. The molecule has 3 nitrogen and oxygen atoms in total. The molecule has 0 aliphatic heterocycles. The summed E-state index contributed by atoms with van der Waals surface area (Å²) in [5.41, 5.74) is 0. The van der Waals surface area contributed by atoms with E-state index in [0.29, 0.717) is 6.42 Å². The van der Waals surface area contributed by atoms with Crippen LogP contribution in [0.1, 0.15) is 51.9 Å². The molecule has 3 heteroatoms. The largest absolute Gasteiger partial charge is 0.481 e. The summed E-state index contributed by atoms with van der Waals surface area (Å²) in [7, 11) is 6.00. The Labute approximate surface area is 94.5 Å². The summed E-state index contributed by atoms with van der Waals surface area (Å²) in [6.45, 7) is 2.18. The van der Waals surface area contributed by atoms with Gasteiger partial charge in [-0.3, -0.25) is 4.79 Å². The second-order valence-electron chi connectivity index (χ2n) is 4.25. The van der Waals surface area contributed by atoms with Crippen molar-refractivity contribution in [2.75, 3.05) is 21.1 Å². The fourth-order valence-electron chi connectivity index (χ4n) is 1.06. The fraction of sp³-hybridized carbons (Fsp3) is 0.917. The molecule has 92 valence electrons. The molecule has 0 rings (SSSR count). The van der Waals surface area contributed by atoms with Gasteiger partial charge in [-0.05, 0) is 27.6 Å². The van der Waals surface area contributed by atoms with E-state index >= 15 is 0 Å². The summed E-state index contributed by atoms with van der Waals surface area (Å²) >= 11 is 0. The van der Waals surface area contributed by atoms with Crippen LogP contribution in [0.15, 0.2) is 0 Å². The molecule has 15 heavy (non-hydrogen) atoms. The molecule has 0 heterocycles. The van der Waals surface area contributed by atoms with Crippen LogP contribution in [-0.4, -0.2) is 37.1 Å². The first kappa shape index (κ1) is 16.8. The van der Waals surface area contributed by atoms with Crippen LogP contribution >= 0.6 is 0 Å². The van der Waals surface area contributed by atoms with Crippen molar-refractivity contribution in [1.29, 1.82) is 0 Å². The fourth-order valence-corrected chi connectivity index (χ4v) is 1.06. The van der Waals surface area contributed by atoms with E-state index in [1.54, 1.807) is 0 Å². The molecule has 0 spiro atoms. The molecule has 0 aromatic rings. The smallest absolute Gasteiger partial charge is 0.303 e. The first-order chi connectivity index (χ1) is 7.00. The van der Waals surface area contributed by atoms with Gasteiger partial charge in [0.15, 0.2) is 0 Å². The van der Waals surface area contributed by atoms with Gasteiger partial charge in [-0.25, -0.2) is 0 Å². The van der Waals surface area contributed by atoms with Gasteiger partial charge < -0.3 is 10.0 Å².